The average molecular weight is 374 g/mol. The molecule has 1 aliphatic heterocycles. The summed E-state index contributed by atoms with van der Waals surface area (Å²) in [6.45, 7) is 0. The topological polar surface area (TPSA) is 83.1 Å². The number of benzene rings is 1. The number of hydrogen-bond donors (Lipinski definition) is 1. The van der Waals surface area contributed by atoms with E-state index in [0.29, 0.717) is 16.6 Å². The summed E-state index contributed by atoms with van der Waals surface area (Å²) in [6.07, 6.45) is 0.512. The number of imidazole rings is 1. The number of aromatic amines is 1. The maximum Gasteiger partial charge on any atom is 0.233 e. The molecule has 124 valence electrons. The standard InChI is InChI=1S/C14H16ClN3O3S2/c1-18(10-4-5-23(20,21)8-10)13(19)7-22-14-16-11-3-2-9(15)6-12(11)17-14/h2-3,6,10H,4-5,7-8H2,1H3,(H,16,17)/t10-/m1/s1. The van der Waals surface area contributed by atoms with Crippen LogP contribution in [0, 0.1) is 0 Å². The second-order valence-electron chi connectivity index (χ2n) is 5.55. The summed E-state index contributed by atoms with van der Waals surface area (Å²) in [6, 6.07) is 5.14. The minimum Gasteiger partial charge on any atom is -0.341 e. The van der Waals surface area contributed by atoms with E-state index in [0.717, 1.165) is 11.0 Å². The number of thioether (sulfide) groups is 1. The molecule has 0 saturated carbocycles. The van der Waals surface area contributed by atoms with E-state index in [4.69, 9.17) is 11.6 Å². The van der Waals surface area contributed by atoms with Crippen LogP contribution in [0.5, 0.6) is 0 Å². The molecular formula is C14H16ClN3O3S2. The SMILES string of the molecule is CN(C(=O)CSc1nc2ccc(Cl)cc2[nH]1)[C@@H]1CCS(=O)(=O)C1. The molecule has 1 saturated heterocycles. The van der Waals surface area contributed by atoms with Gasteiger partial charge in [0.1, 0.15) is 0 Å². The zero-order valence-electron chi connectivity index (χ0n) is 12.5. The lowest BCUT2D eigenvalue weighted by molar-refractivity contribution is -0.128. The Morgan fingerprint density at radius 2 is 2.30 bits per heavy atom. The van der Waals surface area contributed by atoms with Crippen LogP contribution >= 0.6 is 23.4 Å². The molecule has 0 unspecified atom stereocenters. The van der Waals surface area contributed by atoms with E-state index in [1.165, 1.54) is 16.7 Å². The highest BCUT2D eigenvalue weighted by Gasteiger charge is 2.32. The van der Waals surface area contributed by atoms with Crippen molar-refractivity contribution in [3.8, 4) is 0 Å². The molecule has 1 amide bonds. The van der Waals surface area contributed by atoms with Gasteiger partial charge in [0.2, 0.25) is 5.91 Å². The third kappa shape index (κ3) is 3.81. The molecule has 23 heavy (non-hydrogen) atoms. The van der Waals surface area contributed by atoms with Gasteiger partial charge in [-0.05, 0) is 24.6 Å². The van der Waals surface area contributed by atoms with Crippen molar-refractivity contribution in [1.29, 1.82) is 0 Å². The van der Waals surface area contributed by atoms with Gasteiger partial charge in [0.05, 0.1) is 28.3 Å². The van der Waals surface area contributed by atoms with Gasteiger partial charge < -0.3 is 9.88 Å². The second kappa shape index (κ2) is 6.33. The Hall–Kier alpha value is -1.25. The number of fused-ring (bicyclic) bond motifs is 1. The molecule has 0 aliphatic carbocycles. The zero-order valence-corrected chi connectivity index (χ0v) is 14.8. The van der Waals surface area contributed by atoms with E-state index in [1.54, 1.807) is 19.2 Å². The summed E-state index contributed by atoms with van der Waals surface area (Å²) < 4.78 is 23.0. The van der Waals surface area contributed by atoms with E-state index < -0.39 is 9.84 Å². The molecule has 2 aromatic rings. The number of nitrogens with zero attached hydrogens (tertiary/aromatic N) is 2. The summed E-state index contributed by atoms with van der Waals surface area (Å²) >= 11 is 7.23. The highest BCUT2D eigenvalue weighted by atomic mass is 35.5. The van der Waals surface area contributed by atoms with Crippen LogP contribution in [0.3, 0.4) is 0 Å². The van der Waals surface area contributed by atoms with Gasteiger partial charge in [-0.1, -0.05) is 23.4 Å². The number of hydrogen-bond acceptors (Lipinski definition) is 5. The van der Waals surface area contributed by atoms with E-state index in [9.17, 15) is 13.2 Å². The molecule has 0 bridgehead atoms. The summed E-state index contributed by atoms with van der Waals surface area (Å²) in [7, 11) is -1.33. The monoisotopic (exact) mass is 373 g/mol. The second-order valence-corrected chi connectivity index (χ2v) is 9.18. The number of aromatic nitrogens is 2. The zero-order chi connectivity index (χ0) is 16.6. The van der Waals surface area contributed by atoms with Gasteiger partial charge in [-0.15, -0.1) is 0 Å². The van der Waals surface area contributed by atoms with Crippen LogP contribution in [0.25, 0.3) is 11.0 Å². The first kappa shape index (κ1) is 16.6. The van der Waals surface area contributed by atoms with Crippen molar-refractivity contribution in [2.24, 2.45) is 0 Å². The average Bonchev–Trinajstić information content (AvgIpc) is 3.06. The summed E-state index contributed by atoms with van der Waals surface area (Å²) in [5.41, 5.74) is 1.61. The summed E-state index contributed by atoms with van der Waals surface area (Å²) in [5, 5.41) is 1.26. The Balaban J connectivity index is 1.61. The van der Waals surface area contributed by atoms with Gasteiger partial charge in [-0.3, -0.25) is 4.79 Å². The number of amides is 1. The van der Waals surface area contributed by atoms with Crippen LogP contribution in [0.1, 0.15) is 6.42 Å². The van der Waals surface area contributed by atoms with Gasteiger partial charge in [-0.2, -0.15) is 0 Å². The lowest BCUT2D eigenvalue weighted by Gasteiger charge is -2.22. The highest BCUT2D eigenvalue weighted by molar-refractivity contribution is 7.99. The van der Waals surface area contributed by atoms with E-state index in [2.05, 4.69) is 9.97 Å². The van der Waals surface area contributed by atoms with Crippen molar-refractivity contribution >= 4 is 50.1 Å². The van der Waals surface area contributed by atoms with Crippen molar-refractivity contribution in [3.05, 3.63) is 23.2 Å². The minimum absolute atomic E-state index is 0.0586. The molecule has 9 heteroatoms. The van der Waals surface area contributed by atoms with Crippen molar-refractivity contribution in [2.75, 3.05) is 24.3 Å². The Morgan fingerprint density at radius 3 is 3.00 bits per heavy atom. The molecular weight excluding hydrogens is 358 g/mol. The number of halogens is 1. The van der Waals surface area contributed by atoms with Gasteiger partial charge in [0.25, 0.3) is 0 Å². The Kier molecular flexibility index (Phi) is 4.57. The molecule has 1 atom stereocenters. The third-order valence-electron chi connectivity index (χ3n) is 3.90. The molecule has 0 radical (unpaired) electrons. The molecule has 6 nitrogen and oxygen atoms in total. The summed E-state index contributed by atoms with van der Waals surface area (Å²) in [5.74, 6) is 0.326. The highest BCUT2D eigenvalue weighted by Crippen LogP contribution is 2.23. The third-order valence-corrected chi connectivity index (χ3v) is 6.75. The summed E-state index contributed by atoms with van der Waals surface area (Å²) in [4.78, 5) is 21.3. The van der Waals surface area contributed by atoms with Crippen molar-refractivity contribution < 1.29 is 13.2 Å². The normalized spacial score (nSPS) is 20.0. The van der Waals surface area contributed by atoms with Crippen LogP contribution in [0.4, 0.5) is 0 Å². The minimum atomic E-state index is -2.99. The smallest absolute Gasteiger partial charge is 0.233 e. The number of nitrogens with one attached hydrogen (secondary N) is 1. The predicted octanol–water partition coefficient (Wildman–Crippen LogP) is 1.95. The number of H-pyrrole nitrogens is 1. The van der Waals surface area contributed by atoms with Gasteiger partial charge in [0, 0.05) is 18.1 Å². The van der Waals surface area contributed by atoms with Crippen molar-refractivity contribution in [2.45, 2.75) is 17.6 Å². The fourth-order valence-corrected chi connectivity index (χ4v) is 5.30. The Morgan fingerprint density at radius 1 is 1.52 bits per heavy atom. The van der Waals surface area contributed by atoms with Crippen LogP contribution in [0.15, 0.2) is 23.4 Å². The molecule has 1 aromatic heterocycles. The molecule has 1 aromatic carbocycles. The molecule has 0 spiro atoms. The maximum atomic E-state index is 12.2. The van der Waals surface area contributed by atoms with Crippen LogP contribution in [0.2, 0.25) is 5.02 Å². The van der Waals surface area contributed by atoms with Gasteiger partial charge >= 0.3 is 0 Å². The molecule has 2 heterocycles. The first-order chi connectivity index (χ1) is 10.8. The van der Waals surface area contributed by atoms with E-state index in [-0.39, 0.29) is 29.2 Å². The van der Waals surface area contributed by atoms with E-state index >= 15 is 0 Å². The quantitative estimate of drug-likeness (QED) is 0.828. The maximum absolute atomic E-state index is 12.2. The van der Waals surface area contributed by atoms with Crippen LogP contribution in [-0.2, 0) is 14.6 Å². The first-order valence-corrected chi connectivity index (χ1v) is 10.3. The molecule has 1 aliphatic rings. The van der Waals surface area contributed by atoms with Crippen molar-refractivity contribution in [1.82, 2.24) is 14.9 Å². The largest absolute Gasteiger partial charge is 0.341 e. The number of carbonyl (C=O) groups excluding carboxylic acids is 1. The van der Waals surface area contributed by atoms with Crippen LogP contribution < -0.4 is 0 Å². The van der Waals surface area contributed by atoms with Gasteiger partial charge in [0.15, 0.2) is 15.0 Å². The Labute approximate surface area is 143 Å². The number of carbonyl (C=O) groups is 1. The lowest BCUT2D eigenvalue weighted by atomic mass is 10.2. The molecule has 3 rings (SSSR count). The predicted molar refractivity (Wildman–Crippen MR) is 91.7 cm³/mol. The van der Waals surface area contributed by atoms with Gasteiger partial charge in [-0.25, -0.2) is 13.4 Å². The van der Waals surface area contributed by atoms with Crippen LogP contribution in [-0.4, -0.2) is 59.5 Å². The fraction of sp³-hybridized carbons (Fsp3) is 0.429. The Bertz CT molecular complexity index is 850. The van der Waals surface area contributed by atoms with E-state index in [1.807, 2.05) is 6.07 Å². The lowest BCUT2D eigenvalue weighted by Crippen LogP contribution is -2.38. The fourth-order valence-electron chi connectivity index (χ4n) is 2.54. The molecule has 1 N–H and O–H groups in total. The first-order valence-electron chi connectivity index (χ1n) is 7.08. The molecule has 1 fully saturated rings. The van der Waals surface area contributed by atoms with Crippen molar-refractivity contribution in [3.63, 3.8) is 0 Å². The number of rotatable bonds is 4. The number of sulfone groups is 1.